The van der Waals surface area contributed by atoms with Crippen LogP contribution in [0.5, 0.6) is 0 Å². The molecule has 0 amide bonds. The van der Waals surface area contributed by atoms with Gasteiger partial charge in [-0.25, -0.2) is 4.98 Å². The highest BCUT2D eigenvalue weighted by atomic mass is 35.5. The summed E-state index contributed by atoms with van der Waals surface area (Å²) < 4.78 is 1.71. The number of rotatable bonds is 5. The van der Waals surface area contributed by atoms with Crippen molar-refractivity contribution in [2.45, 2.75) is 32.6 Å². The van der Waals surface area contributed by atoms with E-state index in [0.29, 0.717) is 17.3 Å². The Morgan fingerprint density at radius 3 is 2.80 bits per heavy atom. The second-order valence-corrected chi connectivity index (χ2v) is 5.60. The number of nitrogens with one attached hydrogen (secondary N) is 1. The maximum absolute atomic E-state index is 5.96. The molecule has 7 heteroatoms. The van der Waals surface area contributed by atoms with Crippen LogP contribution in [0.3, 0.4) is 0 Å². The van der Waals surface area contributed by atoms with Gasteiger partial charge in [-0.15, -0.1) is 0 Å². The Morgan fingerprint density at radius 2 is 2.20 bits per heavy atom. The van der Waals surface area contributed by atoms with E-state index in [1.54, 1.807) is 23.3 Å². The van der Waals surface area contributed by atoms with Gasteiger partial charge in [0.25, 0.3) is 0 Å². The van der Waals surface area contributed by atoms with Crippen LogP contribution in [0.4, 0.5) is 5.95 Å². The summed E-state index contributed by atoms with van der Waals surface area (Å²) in [5.41, 5.74) is 0.397. The summed E-state index contributed by atoms with van der Waals surface area (Å²) in [4.78, 5) is 16.6. The van der Waals surface area contributed by atoms with Crippen molar-refractivity contribution in [3.8, 4) is 5.95 Å². The Balaban J connectivity index is 1.76. The molecule has 106 valence electrons. The smallest absolute Gasteiger partial charge is 0.241 e. The van der Waals surface area contributed by atoms with E-state index in [2.05, 4.69) is 32.2 Å². The molecular weight excluding hydrogens is 276 g/mol. The van der Waals surface area contributed by atoms with Crippen molar-refractivity contribution >= 4 is 17.5 Å². The Labute approximate surface area is 122 Å². The molecule has 0 bridgehead atoms. The summed E-state index contributed by atoms with van der Waals surface area (Å²) in [7, 11) is 0. The molecular formula is C13H17ClN6. The van der Waals surface area contributed by atoms with Crippen LogP contribution in [-0.4, -0.2) is 31.0 Å². The van der Waals surface area contributed by atoms with Crippen LogP contribution in [0.1, 0.15) is 32.6 Å². The summed E-state index contributed by atoms with van der Waals surface area (Å²) in [5, 5.41) is 3.49. The van der Waals surface area contributed by atoms with Gasteiger partial charge in [0.15, 0.2) is 0 Å². The van der Waals surface area contributed by atoms with Crippen molar-refractivity contribution in [3.05, 3.63) is 24.0 Å². The first kappa shape index (κ1) is 13.3. The van der Waals surface area contributed by atoms with Gasteiger partial charge in [-0.05, 0) is 36.3 Å². The summed E-state index contributed by atoms with van der Waals surface area (Å²) in [6.45, 7) is 3.12. The molecule has 0 saturated heterocycles. The molecule has 0 aromatic carbocycles. The Bertz CT molecular complexity index is 573. The fourth-order valence-electron chi connectivity index (χ4n) is 2.51. The third-order valence-electron chi connectivity index (χ3n) is 4.12. The van der Waals surface area contributed by atoms with Crippen LogP contribution in [0, 0.1) is 5.41 Å². The summed E-state index contributed by atoms with van der Waals surface area (Å²) in [5.74, 6) is 0.998. The molecule has 1 aliphatic rings. The molecule has 2 aromatic heterocycles. The number of aromatic nitrogens is 5. The molecule has 1 aliphatic carbocycles. The minimum atomic E-state index is 0.186. The van der Waals surface area contributed by atoms with Gasteiger partial charge >= 0.3 is 0 Å². The Morgan fingerprint density at radius 1 is 1.35 bits per heavy atom. The predicted molar refractivity (Wildman–Crippen MR) is 77.0 cm³/mol. The molecule has 1 N–H and O–H groups in total. The van der Waals surface area contributed by atoms with E-state index in [4.69, 9.17) is 11.6 Å². The summed E-state index contributed by atoms with van der Waals surface area (Å²) in [6, 6.07) is 0. The van der Waals surface area contributed by atoms with Gasteiger partial charge in [0.1, 0.15) is 6.33 Å². The first-order valence-corrected chi connectivity index (χ1v) is 7.22. The lowest BCUT2D eigenvalue weighted by Gasteiger charge is -2.41. The lowest BCUT2D eigenvalue weighted by molar-refractivity contribution is 0.144. The van der Waals surface area contributed by atoms with Crippen molar-refractivity contribution in [2.24, 2.45) is 5.41 Å². The number of hydrogen-bond acceptors (Lipinski definition) is 5. The monoisotopic (exact) mass is 292 g/mol. The van der Waals surface area contributed by atoms with Crippen molar-refractivity contribution < 1.29 is 0 Å². The SMILES string of the molecule is CCC1(CNc2nc(Cl)nc(-n3ccnc3)n2)CCC1. The van der Waals surface area contributed by atoms with Crippen LogP contribution in [0.25, 0.3) is 5.95 Å². The van der Waals surface area contributed by atoms with E-state index in [9.17, 15) is 0 Å². The fraction of sp³-hybridized carbons (Fsp3) is 0.538. The molecule has 0 unspecified atom stereocenters. The molecule has 2 heterocycles. The second-order valence-electron chi connectivity index (χ2n) is 5.26. The van der Waals surface area contributed by atoms with Crippen molar-refractivity contribution in [1.29, 1.82) is 0 Å². The van der Waals surface area contributed by atoms with Gasteiger partial charge in [0.2, 0.25) is 17.2 Å². The third-order valence-corrected chi connectivity index (χ3v) is 4.29. The van der Waals surface area contributed by atoms with Gasteiger partial charge in [-0.3, -0.25) is 4.57 Å². The zero-order valence-corrected chi connectivity index (χ0v) is 12.1. The Kier molecular flexibility index (Phi) is 3.56. The maximum atomic E-state index is 5.96. The number of anilines is 1. The first-order chi connectivity index (χ1) is 9.71. The van der Waals surface area contributed by atoms with Crippen LogP contribution in [0.15, 0.2) is 18.7 Å². The quantitative estimate of drug-likeness (QED) is 0.917. The summed E-state index contributed by atoms with van der Waals surface area (Å²) >= 11 is 5.96. The topological polar surface area (TPSA) is 68.5 Å². The highest BCUT2D eigenvalue weighted by molar-refractivity contribution is 6.28. The van der Waals surface area contributed by atoms with E-state index in [-0.39, 0.29) is 5.28 Å². The van der Waals surface area contributed by atoms with E-state index in [1.165, 1.54) is 25.7 Å². The van der Waals surface area contributed by atoms with Crippen LogP contribution in [-0.2, 0) is 0 Å². The molecule has 1 fully saturated rings. The zero-order valence-electron chi connectivity index (χ0n) is 11.4. The second kappa shape index (κ2) is 5.36. The van der Waals surface area contributed by atoms with Crippen LogP contribution < -0.4 is 5.32 Å². The highest BCUT2D eigenvalue weighted by Crippen LogP contribution is 2.43. The largest absolute Gasteiger partial charge is 0.353 e. The van der Waals surface area contributed by atoms with Gasteiger partial charge in [0, 0.05) is 18.9 Å². The van der Waals surface area contributed by atoms with Gasteiger partial charge in [-0.1, -0.05) is 13.3 Å². The third kappa shape index (κ3) is 2.60. The standard InChI is InChI=1S/C13H17ClN6/c1-2-13(4-3-5-13)8-16-11-17-10(14)18-12(19-11)20-7-6-15-9-20/h6-7,9H,2-5,8H2,1H3,(H,16,17,18,19). The van der Waals surface area contributed by atoms with E-state index in [1.807, 2.05) is 0 Å². The molecule has 0 aliphatic heterocycles. The first-order valence-electron chi connectivity index (χ1n) is 6.85. The highest BCUT2D eigenvalue weighted by Gasteiger charge is 2.34. The molecule has 6 nitrogen and oxygen atoms in total. The molecule has 0 radical (unpaired) electrons. The molecule has 1 saturated carbocycles. The van der Waals surface area contributed by atoms with Crippen molar-refractivity contribution in [1.82, 2.24) is 24.5 Å². The number of nitrogens with zero attached hydrogens (tertiary/aromatic N) is 5. The maximum Gasteiger partial charge on any atom is 0.241 e. The molecule has 2 aromatic rings. The zero-order chi connectivity index (χ0) is 14.0. The number of imidazole rings is 1. The average molecular weight is 293 g/mol. The van der Waals surface area contributed by atoms with Gasteiger partial charge in [-0.2, -0.15) is 15.0 Å². The summed E-state index contributed by atoms with van der Waals surface area (Å²) in [6.07, 6.45) is 10.1. The fourth-order valence-corrected chi connectivity index (χ4v) is 2.67. The molecule has 20 heavy (non-hydrogen) atoms. The number of hydrogen-bond donors (Lipinski definition) is 1. The van der Waals surface area contributed by atoms with E-state index < -0.39 is 0 Å². The van der Waals surface area contributed by atoms with Crippen molar-refractivity contribution in [2.75, 3.05) is 11.9 Å². The minimum Gasteiger partial charge on any atom is -0.353 e. The lowest BCUT2D eigenvalue weighted by Crippen LogP contribution is -2.36. The normalized spacial score (nSPS) is 16.7. The Hall–Kier alpha value is -1.69. The van der Waals surface area contributed by atoms with Crippen LogP contribution in [0.2, 0.25) is 5.28 Å². The molecule has 0 atom stereocenters. The molecule has 3 rings (SSSR count). The van der Waals surface area contributed by atoms with Crippen molar-refractivity contribution in [3.63, 3.8) is 0 Å². The minimum absolute atomic E-state index is 0.186. The average Bonchev–Trinajstić information content (AvgIpc) is 2.91. The van der Waals surface area contributed by atoms with E-state index >= 15 is 0 Å². The van der Waals surface area contributed by atoms with Gasteiger partial charge in [0.05, 0.1) is 0 Å². The predicted octanol–water partition coefficient (Wildman–Crippen LogP) is 2.70. The van der Waals surface area contributed by atoms with Gasteiger partial charge < -0.3 is 5.32 Å². The molecule has 0 spiro atoms. The lowest BCUT2D eigenvalue weighted by atomic mass is 9.67. The van der Waals surface area contributed by atoms with Crippen LogP contribution >= 0.6 is 11.6 Å². The van der Waals surface area contributed by atoms with E-state index in [0.717, 1.165) is 6.54 Å². The number of halogens is 1.